The lowest BCUT2D eigenvalue weighted by Crippen LogP contribution is -2.26. The van der Waals surface area contributed by atoms with Crippen LogP contribution in [-0.4, -0.2) is 12.5 Å². The Balaban J connectivity index is 2.20. The maximum atomic E-state index is 9.36. The van der Waals surface area contributed by atoms with Gasteiger partial charge in [0.05, 0.1) is 0 Å². The summed E-state index contributed by atoms with van der Waals surface area (Å²) in [7, 11) is 1.19. The maximum Gasteiger partial charge on any atom is 0.327 e. The first kappa shape index (κ1) is 11.7. The lowest BCUT2D eigenvalue weighted by Gasteiger charge is -2.09. The fourth-order valence-electron chi connectivity index (χ4n) is 3.14. The Morgan fingerprint density at radius 3 is 2.40 bits per heavy atom. The van der Waals surface area contributed by atoms with E-state index in [1.165, 1.54) is 34.1 Å². The van der Waals surface area contributed by atoms with Gasteiger partial charge in [0.1, 0.15) is 0 Å². The van der Waals surface area contributed by atoms with Crippen molar-refractivity contribution in [1.82, 2.24) is 0 Å². The molecule has 0 heterocycles. The molecule has 3 aromatic carbocycles. The molecular weight excluding hydrogens is 243 g/mol. The Morgan fingerprint density at radius 1 is 0.800 bits per heavy atom. The Bertz CT molecular complexity index is 941. The molecule has 0 amide bonds. The molecule has 0 spiro atoms. The van der Waals surface area contributed by atoms with Crippen molar-refractivity contribution in [1.29, 1.82) is 0 Å². The van der Waals surface area contributed by atoms with Crippen LogP contribution in [0.1, 0.15) is 12.8 Å². The third-order valence-corrected chi connectivity index (χ3v) is 4.15. The van der Waals surface area contributed by atoms with Crippen LogP contribution in [0.5, 0.6) is 0 Å². The molecule has 4 rings (SSSR count). The molecule has 0 fully saturated rings. The quantitative estimate of drug-likeness (QED) is 0.518. The van der Waals surface area contributed by atoms with Gasteiger partial charge in [-0.1, -0.05) is 42.5 Å². The van der Waals surface area contributed by atoms with Gasteiger partial charge in [0.15, 0.2) is 0 Å². The molecule has 0 saturated heterocycles. The molecule has 95 valence electrons. The zero-order valence-electron chi connectivity index (χ0n) is 11.1. The average Bonchev–Trinajstić information content (AvgIpc) is 2.52. The molecule has 1 N–H and O–H groups in total. The van der Waals surface area contributed by atoms with Gasteiger partial charge >= 0.3 is 7.48 Å². The summed E-state index contributed by atoms with van der Waals surface area (Å²) in [4.78, 5) is 0. The monoisotopic (exact) mass is 257 g/mol. The Hall–Kier alpha value is -2.06. The largest absolute Gasteiger partial charge is 0.450 e. The van der Waals surface area contributed by atoms with E-state index >= 15 is 0 Å². The average molecular weight is 257 g/mol. The third-order valence-electron chi connectivity index (χ3n) is 4.15. The van der Waals surface area contributed by atoms with Crippen molar-refractivity contribution in [2.24, 2.45) is 0 Å². The molecule has 0 aromatic heterocycles. The Kier molecular flexibility index (Phi) is 2.64. The third kappa shape index (κ3) is 1.69. The van der Waals surface area contributed by atoms with Crippen LogP contribution in [0.4, 0.5) is 0 Å². The van der Waals surface area contributed by atoms with Crippen molar-refractivity contribution < 1.29 is 5.02 Å². The highest BCUT2D eigenvalue weighted by Crippen LogP contribution is 2.22. The molecule has 1 radical (unpaired) electrons. The highest BCUT2D eigenvalue weighted by molar-refractivity contribution is 6.50. The summed E-state index contributed by atoms with van der Waals surface area (Å²) in [6.07, 6.45) is 6.89. The summed E-state index contributed by atoms with van der Waals surface area (Å²) in [5, 5.41) is 16.9. The minimum absolute atomic E-state index is 0.873. The minimum atomic E-state index is 0.873. The van der Waals surface area contributed by atoms with E-state index < -0.39 is 0 Å². The van der Waals surface area contributed by atoms with Crippen LogP contribution in [0.15, 0.2) is 42.5 Å². The van der Waals surface area contributed by atoms with Crippen molar-refractivity contribution >= 4 is 46.6 Å². The predicted octanol–water partition coefficient (Wildman–Crippen LogP) is 1.58. The first-order valence-corrected chi connectivity index (χ1v) is 7.00. The van der Waals surface area contributed by atoms with Gasteiger partial charge in [-0.25, -0.2) is 0 Å². The number of rotatable bonds is 1. The van der Waals surface area contributed by atoms with Gasteiger partial charge in [0.25, 0.3) is 0 Å². The van der Waals surface area contributed by atoms with Crippen molar-refractivity contribution in [2.45, 2.75) is 12.8 Å². The van der Waals surface area contributed by atoms with E-state index in [2.05, 4.69) is 42.5 Å². The Morgan fingerprint density at radius 2 is 1.60 bits per heavy atom. The van der Waals surface area contributed by atoms with E-state index in [1.807, 2.05) is 12.1 Å². The first-order chi connectivity index (χ1) is 9.86. The standard InChI is InChI=1S/C18H14BO/c20-19-18-7-3-6-15-16(18)9-8-14-10-12-4-1-2-5-13(12)11-17(14)15/h3-11,20H,1-2H2. The van der Waals surface area contributed by atoms with Crippen LogP contribution in [0.2, 0.25) is 0 Å². The van der Waals surface area contributed by atoms with Crippen LogP contribution in [0.25, 0.3) is 33.7 Å². The normalized spacial score (nSPS) is 13.7. The number of hydrogen-bond acceptors (Lipinski definition) is 1. The van der Waals surface area contributed by atoms with Crippen molar-refractivity contribution in [2.75, 3.05) is 0 Å². The lowest BCUT2D eigenvalue weighted by atomic mass is 9.83. The summed E-state index contributed by atoms with van der Waals surface area (Å²) in [5.74, 6) is 0. The second-order valence-corrected chi connectivity index (χ2v) is 5.32. The highest BCUT2D eigenvalue weighted by atomic mass is 16.2. The number of benzene rings is 3. The van der Waals surface area contributed by atoms with E-state index in [0.29, 0.717) is 0 Å². The Labute approximate surface area is 118 Å². The van der Waals surface area contributed by atoms with E-state index in [1.54, 1.807) is 0 Å². The zero-order valence-corrected chi connectivity index (χ0v) is 11.1. The fraction of sp³-hybridized carbons (Fsp3) is 0.111. The fourth-order valence-corrected chi connectivity index (χ4v) is 3.14. The van der Waals surface area contributed by atoms with Gasteiger partial charge in [0, 0.05) is 0 Å². The minimum Gasteiger partial charge on any atom is -0.450 e. The lowest BCUT2D eigenvalue weighted by molar-refractivity contribution is 0.616. The van der Waals surface area contributed by atoms with Crippen LogP contribution >= 0.6 is 0 Å². The van der Waals surface area contributed by atoms with E-state index in [0.717, 1.165) is 23.7 Å². The molecule has 20 heavy (non-hydrogen) atoms. The summed E-state index contributed by atoms with van der Waals surface area (Å²) in [6, 6.07) is 14.9. The van der Waals surface area contributed by atoms with Crippen molar-refractivity contribution in [3.05, 3.63) is 52.9 Å². The summed E-state index contributed by atoms with van der Waals surface area (Å²) >= 11 is 0. The first-order valence-electron chi connectivity index (χ1n) is 7.00. The topological polar surface area (TPSA) is 20.2 Å². The molecule has 2 heteroatoms. The molecule has 0 saturated carbocycles. The molecule has 0 bridgehead atoms. The van der Waals surface area contributed by atoms with E-state index in [-0.39, 0.29) is 0 Å². The van der Waals surface area contributed by atoms with Gasteiger partial charge in [-0.15, -0.1) is 0 Å². The van der Waals surface area contributed by atoms with Gasteiger partial charge < -0.3 is 5.02 Å². The van der Waals surface area contributed by atoms with Gasteiger partial charge in [0.2, 0.25) is 0 Å². The molecule has 1 aliphatic rings. The highest BCUT2D eigenvalue weighted by Gasteiger charge is 2.06. The second-order valence-electron chi connectivity index (χ2n) is 5.32. The van der Waals surface area contributed by atoms with Gasteiger partial charge in [-0.3, -0.25) is 0 Å². The van der Waals surface area contributed by atoms with Crippen LogP contribution in [0, 0.1) is 0 Å². The van der Waals surface area contributed by atoms with Crippen LogP contribution in [-0.2, 0) is 0 Å². The van der Waals surface area contributed by atoms with Crippen molar-refractivity contribution in [3.8, 4) is 0 Å². The molecule has 3 aromatic rings. The van der Waals surface area contributed by atoms with Crippen molar-refractivity contribution in [3.63, 3.8) is 0 Å². The summed E-state index contributed by atoms with van der Waals surface area (Å²) < 4.78 is 0. The SMILES string of the molecule is O[B]c1cccc2c1ccc1cc3c(cc12)=CCCC=3. The van der Waals surface area contributed by atoms with Crippen LogP contribution < -0.4 is 15.9 Å². The molecule has 1 nitrogen and oxygen atoms in total. The maximum absolute atomic E-state index is 9.36. The van der Waals surface area contributed by atoms with Gasteiger partial charge in [-0.2, -0.15) is 0 Å². The zero-order chi connectivity index (χ0) is 13.5. The van der Waals surface area contributed by atoms with E-state index in [9.17, 15) is 5.02 Å². The molecular formula is C18H14BO. The second kappa shape index (κ2) is 4.50. The number of fused-ring (bicyclic) bond motifs is 4. The van der Waals surface area contributed by atoms with Crippen LogP contribution in [0.3, 0.4) is 0 Å². The molecule has 0 aliphatic heterocycles. The number of hydrogen-bond donors (Lipinski definition) is 1. The molecule has 0 atom stereocenters. The smallest absolute Gasteiger partial charge is 0.327 e. The van der Waals surface area contributed by atoms with Gasteiger partial charge in [-0.05, 0) is 62.4 Å². The summed E-state index contributed by atoms with van der Waals surface area (Å²) in [5.41, 5.74) is 0.873. The van der Waals surface area contributed by atoms with E-state index in [4.69, 9.17) is 0 Å². The summed E-state index contributed by atoms with van der Waals surface area (Å²) in [6.45, 7) is 0. The molecule has 1 aliphatic carbocycles. The molecule has 0 unspecified atom stereocenters. The predicted molar refractivity (Wildman–Crippen MR) is 86.5 cm³/mol.